The topological polar surface area (TPSA) is 9.23 Å². The Morgan fingerprint density at radius 2 is 1.53 bits per heavy atom. The minimum atomic E-state index is 0.129. The fraction of sp³-hybridized carbons (Fsp3) is 0.333. The van der Waals surface area contributed by atoms with E-state index >= 15 is 0 Å². The monoisotopic (exact) mass is 512 g/mol. The molecule has 0 heterocycles. The summed E-state index contributed by atoms with van der Waals surface area (Å²) >= 11 is 8.21. The van der Waals surface area contributed by atoms with E-state index in [9.17, 15) is 0 Å². The number of methoxy groups -OCH3 is 1. The quantitative estimate of drug-likeness (QED) is 0.263. The van der Waals surface area contributed by atoms with E-state index in [-0.39, 0.29) is 5.41 Å². The molecule has 0 bridgehead atoms. The lowest BCUT2D eigenvalue weighted by molar-refractivity contribution is 0.133. The van der Waals surface area contributed by atoms with Crippen molar-refractivity contribution in [2.75, 3.05) is 7.11 Å². The van der Waals surface area contributed by atoms with Gasteiger partial charge in [-0.25, -0.2) is 0 Å². The first-order valence-electron chi connectivity index (χ1n) is 13.2. The van der Waals surface area contributed by atoms with Crippen molar-refractivity contribution in [2.45, 2.75) is 67.6 Å². The Kier molecular flexibility index (Phi) is 6.09. The van der Waals surface area contributed by atoms with Crippen LogP contribution >= 0.6 is 23.4 Å². The van der Waals surface area contributed by atoms with Crippen LogP contribution in [0.4, 0.5) is 0 Å². The van der Waals surface area contributed by atoms with Crippen molar-refractivity contribution >= 4 is 34.1 Å². The summed E-state index contributed by atoms with van der Waals surface area (Å²) in [4.78, 5) is 2.15. The van der Waals surface area contributed by atoms with Crippen LogP contribution in [0.1, 0.15) is 63.5 Å². The molecule has 0 aliphatic heterocycles. The standard InChI is InChI=1S/C33H33ClOS/c1-4-32(5-2)16-18-33(19-17-32)25-11-7-6-10-23(25)31-24-21-30(36-29-13-9-8-12-27(29)34)28(35-3)20-22(24)14-15-26(31)33/h6-15,20-21H,4-5,16-19H2,1-3H3. The highest BCUT2D eigenvalue weighted by Gasteiger charge is 2.48. The summed E-state index contributed by atoms with van der Waals surface area (Å²) in [5.41, 5.74) is 6.53. The second kappa shape index (κ2) is 9.15. The number of hydrogen-bond acceptors (Lipinski definition) is 2. The summed E-state index contributed by atoms with van der Waals surface area (Å²) in [7, 11) is 1.76. The second-order valence-corrected chi connectivity index (χ2v) is 12.1. The minimum absolute atomic E-state index is 0.129. The number of rotatable bonds is 5. The summed E-state index contributed by atoms with van der Waals surface area (Å²) in [5.74, 6) is 0.890. The SMILES string of the molecule is CCC1(CC)CCC2(CC1)c1ccccc1-c1c2ccc2cc(OC)c(Sc3ccccc3Cl)cc12. The highest BCUT2D eigenvalue weighted by molar-refractivity contribution is 7.99. The largest absolute Gasteiger partial charge is 0.496 e. The van der Waals surface area contributed by atoms with Crippen molar-refractivity contribution in [1.29, 1.82) is 0 Å². The predicted molar refractivity (Wildman–Crippen MR) is 154 cm³/mol. The molecule has 0 N–H and O–H groups in total. The maximum atomic E-state index is 6.53. The number of halogens is 1. The van der Waals surface area contributed by atoms with Gasteiger partial charge >= 0.3 is 0 Å². The zero-order chi connectivity index (χ0) is 24.9. The molecule has 0 saturated heterocycles. The number of fused-ring (bicyclic) bond motifs is 7. The van der Waals surface area contributed by atoms with Gasteiger partial charge in [0.1, 0.15) is 5.75 Å². The lowest BCUT2D eigenvalue weighted by Crippen LogP contribution is -2.36. The van der Waals surface area contributed by atoms with Crippen LogP contribution in [-0.2, 0) is 5.41 Å². The molecule has 6 rings (SSSR count). The Morgan fingerprint density at radius 3 is 2.25 bits per heavy atom. The molecule has 36 heavy (non-hydrogen) atoms. The molecule has 1 fully saturated rings. The summed E-state index contributed by atoms with van der Waals surface area (Å²) in [6.45, 7) is 4.77. The molecule has 4 aromatic rings. The highest BCUT2D eigenvalue weighted by atomic mass is 35.5. The van der Waals surface area contributed by atoms with Crippen LogP contribution in [0, 0.1) is 5.41 Å². The van der Waals surface area contributed by atoms with Gasteiger partial charge in [-0.3, -0.25) is 0 Å². The molecule has 0 aromatic heterocycles. The number of ether oxygens (including phenoxy) is 1. The first kappa shape index (κ1) is 23.9. The third kappa shape index (κ3) is 3.60. The van der Waals surface area contributed by atoms with E-state index in [1.54, 1.807) is 18.9 Å². The molecule has 0 radical (unpaired) electrons. The average molecular weight is 513 g/mol. The Labute approximate surface area is 224 Å². The molecule has 1 spiro atoms. The van der Waals surface area contributed by atoms with Gasteiger partial charge in [0.25, 0.3) is 0 Å². The van der Waals surface area contributed by atoms with E-state index in [1.807, 2.05) is 18.2 Å². The van der Waals surface area contributed by atoms with E-state index in [4.69, 9.17) is 16.3 Å². The first-order chi connectivity index (χ1) is 17.5. The second-order valence-electron chi connectivity index (χ2n) is 10.6. The van der Waals surface area contributed by atoms with Crippen molar-refractivity contribution in [3.63, 3.8) is 0 Å². The van der Waals surface area contributed by atoms with Crippen molar-refractivity contribution < 1.29 is 4.74 Å². The summed E-state index contributed by atoms with van der Waals surface area (Å²) in [5, 5.41) is 3.31. The van der Waals surface area contributed by atoms with E-state index in [0.717, 1.165) is 20.6 Å². The van der Waals surface area contributed by atoms with E-state index in [2.05, 4.69) is 68.4 Å². The highest BCUT2D eigenvalue weighted by Crippen LogP contribution is 2.61. The van der Waals surface area contributed by atoms with Crippen LogP contribution < -0.4 is 4.74 Å². The van der Waals surface area contributed by atoms with Crippen LogP contribution in [0.3, 0.4) is 0 Å². The smallest absolute Gasteiger partial charge is 0.133 e. The number of benzene rings is 4. The Bertz CT molecular complexity index is 1440. The molecular weight excluding hydrogens is 480 g/mol. The molecule has 2 aliphatic carbocycles. The molecule has 1 nitrogen and oxygen atoms in total. The maximum Gasteiger partial charge on any atom is 0.133 e. The van der Waals surface area contributed by atoms with Gasteiger partial charge in [0.05, 0.1) is 17.0 Å². The van der Waals surface area contributed by atoms with Crippen LogP contribution in [0.15, 0.2) is 82.6 Å². The van der Waals surface area contributed by atoms with Gasteiger partial charge in [0.2, 0.25) is 0 Å². The third-order valence-electron chi connectivity index (χ3n) is 9.25. The first-order valence-corrected chi connectivity index (χ1v) is 14.4. The van der Waals surface area contributed by atoms with Gasteiger partial charge in [-0.15, -0.1) is 0 Å². The van der Waals surface area contributed by atoms with Crippen molar-refractivity contribution in [3.8, 4) is 16.9 Å². The van der Waals surface area contributed by atoms with E-state index in [0.29, 0.717) is 5.41 Å². The van der Waals surface area contributed by atoms with Gasteiger partial charge in [0, 0.05) is 10.3 Å². The molecule has 0 atom stereocenters. The average Bonchev–Trinajstić information content (AvgIpc) is 3.20. The van der Waals surface area contributed by atoms with Crippen molar-refractivity contribution in [2.24, 2.45) is 5.41 Å². The molecule has 0 unspecified atom stereocenters. The van der Waals surface area contributed by atoms with Crippen molar-refractivity contribution in [3.05, 3.63) is 88.9 Å². The maximum absolute atomic E-state index is 6.53. The molecule has 3 heteroatoms. The van der Waals surface area contributed by atoms with Gasteiger partial charge in [-0.05, 0) is 88.4 Å². The fourth-order valence-corrected chi connectivity index (χ4v) is 8.09. The lowest BCUT2D eigenvalue weighted by Gasteiger charge is -2.45. The summed E-state index contributed by atoms with van der Waals surface area (Å²) in [6.07, 6.45) is 7.66. The van der Waals surface area contributed by atoms with Gasteiger partial charge < -0.3 is 4.74 Å². The van der Waals surface area contributed by atoms with Crippen LogP contribution in [-0.4, -0.2) is 7.11 Å². The predicted octanol–water partition coefficient (Wildman–Crippen LogP) is 10.3. The lowest BCUT2D eigenvalue weighted by atomic mass is 9.58. The minimum Gasteiger partial charge on any atom is -0.496 e. The number of hydrogen-bond donors (Lipinski definition) is 0. The van der Waals surface area contributed by atoms with Crippen LogP contribution in [0.5, 0.6) is 5.75 Å². The van der Waals surface area contributed by atoms with E-state index in [1.165, 1.54) is 71.6 Å². The fourth-order valence-electron chi connectivity index (χ4n) is 6.87. The molecule has 184 valence electrons. The molecule has 2 aliphatic rings. The van der Waals surface area contributed by atoms with Crippen LogP contribution in [0.2, 0.25) is 5.02 Å². The summed E-state index contributed by atoms with van der Waals surface area (Å²) in [6, 6.07) is 26.5. The van der Waals surface area contributed by atoms with Gasteiger partial charge in [-0.1, -0.05) is 98.6 Å². The van der Waals surface area contributed by atoms with E-state index < -0.39 is 0 Å². The molecule has 0 amide bonds. The summed E-state index contributed by atoms with van der Waals surface area (Å²) < 4.78 is 5.85. The normalized spacial score (nSPS) is 17.2. The molecule has 1 saturated carbocycles. The third-order valence-corrected chi connectivity index (χ3v) is 10.8. The Morgan fingerprint density at radius 1 is 0.806 bits per heavy atom. The molecule has 4 aromatic carbocycles. The van der Waals surface area contributed by atoms with Gasteiger partial charge in [-0.2, -0.15) is 0 Å². The van der Waals surface area contributed by atoms with Crippen molar-refractivity contribution in [1.82, 2.24) is 0 Å². The van der Waals surface area contributed by atoms with Crippen LogP contribution in [0.25, 0.3) is 21.9 Å². The zero-order valence-corrected chi connectivity index (χ0v) is 22.9. The Hall–Kier alpha value is -2.42. The van der Waals surface area contributed by atoms with Gasteiger partial charge in [0.15, 0.2) is 0 Å². The molecular formula is C33H33ClOS. The Balaban J connectivity index is 1.54. The zero-order valence-electron chi connectivity index (χ0n) is 21.4.